The summed E-state index contributed by atoms with van der Waals surface area (Å²) in [5.74, 6) is 0.582. The predicted octanol–water partition coefficient (Wildman–Crippen LogP) is 2.40. The van der Waals surface area contributed by atoms with E-state index in [9.17, 15) is 5.11 Å². The molecule has 0 spiro atoms. The molecule has 3 rings (SSSR count). The summed E-state index contributed by atoms with van der Waals surface area (Å²) in [6.07, 6.45) is 1.80. The highest BCUT2D eigenvalue weighted by Crippen LogP contribution is 2.28. The van der Waals surface area contributed by atoms with Gasteiger partial charge in [0.15, 0.2) is 5.58 Å². The third-order valence-electron chi connectivity index (χ3n) is 4.46. The minimum absolute atomic E-state index is 0.160. The normalized spacial score (nSPS) is 18.3. The van der Waals surface area contributed by atoms with E-state index in [1.54, 1.807) is 0 Å². The van der Waals surface area contributed by atoms with Crippen LogP contribution < -0.4 is 10.2 Å². The first-order valence-electron chi connectivity index (χ1n) is 8.08. The molecule has 5 nitrogen and oxygen atoms in total. The Hall–Kier alpha value is -1.59. The number of fused-ring (bicyclic) bond motifs is 1. The molecule has 0 aliphatic carbocycles. The van der Waals surface area contributed by atoms with Crippen LogP contribution in [0, 0.1) is 5.92 Å². The highest BCUT2D eigenvalue weighted by molar-refractivity contribution is 5.74. The van der Waals surface area contributed by atoms with E-state index in [0.29, 0.717) is 11.9 Å². The van der Waals surface area contributed by atoms with Crippen LogP contribution in [-0.4, -0.2) is 41.9 Å². The topological polar surface area (TPSA) is 61.5 Å². The fourth-order valence-electron chi connectivity index (χ4n) is 2.93. The van der Waals surface area contributed by atoms with Crippen molar-refractivity contribution >= 4 is 17.1 Å². The largest absolute Gasteiger partial charge is 0.423 e. The molecule has 1 aromatic heterocycles. The number of aromatic nitrogens is 1. The van der Waals surface area contributed by atoms with Crippen molar-refractivity contribution in [3.05, 3.63) is 24.3 Å². The average Bonchev–Trinajstić information content (AvgIpc) is 2.97. The maximum atomic E-state index is 9.81. The molecular formula is C17H25N3O2. The molecule has 120 valence electrons. The second-order valence-corrected chi connectivity index (χ2v) is 6.66. The maximum Gasteiger partial charge on any atom is 0.298 e. The lowest BCUT2D eigenvalue weighted by atomic mass is 9.88. The van der Waals surface area contributed by atoms with E-state index < -0.39 is 0 Å². The number of rotatable bonds is 5. The fraction of sp³-hybridized carbons (Fsp3) is 0.588. The number of aliphatic hydroxyl groups excluding tert-OH is 1. The average molecular weight is 303 g/mol. The number of piperidine rings is 1. The fourth-order valence-corrected chi connectivity index (χ4v) is 2.93. The van der Waals surface area contributed by atoms with E-state index in [4.69, 9.17) is 4.42 Å². The lowest BCUT2D eigenvalue weighted by Gasteiger charge is -2.41. The Balaban J connectivity index is 1.67. The molecule has 2 aromatic rings. The molecule has 1 fully saturated rings. The van der Waals surface area contributed by atoms with Crippen molar-refractivity contribution in [2.24, 2.45) is 5.92 Å². The number of aliphatic hydroxyl groups is 1. The molecular weight excluding hydrogens is 278 g/mol. The standard InChI is InChI=1S/C17H25N3O2/c1-13(2)11-18-17(12-21)7-9-20(10-8-17)16-19-14-5-3-4-6-15(14)22-16/h3-6,13,18,21H,7-12H2,1-2H3. The number of nitrogens with one attached hydrogen (secondary N) is 1. The van der Waals surface area contributed by atoms with Gasteiger partial charge in [-0.3, -0.25) is 0 Å². The van der Waals surface area contributed by atoms with Gasteiger partial charge >= 0.3 is 0 Å². The summed E-state index contributed by atoms with van der Waals surface area (Å²) in [5, 5.41) is 13.4. The molecule has 0 unspecified atom stereocenters. The van der Waals surface area contributed by atoms with Crippen LogP contribution in [0.2, 0.25) is 0 Å². The molecule has 2 N–H and O–H groups in total. The SMILES string of the molecule is CC(C)CNC1(CO)CCN(c2nc3ccccc3o2)CC1. The van der Waals surface area contributed by atoms with Crippen LogP contribution in [0.1, 0.15) is 26.7 Å². The van der Waals surface area contributed by atoms with Crippen LogP contribution in [0.15, 0.2) is 28.7 Å². The highest BCUT2D eigenvalue weighted by Gasteiger charge is 2.34. The summed E-state index contributed by atoms with van der Waals surface area (Å²) in [5.41, 5.74) is 1.57. The Morgan fingerprint density at radius 3 is 2.68 bits per heavy atom. The Labute approximate surface area is 131 Å². The van der Waals surface area contributed by atoms with E-state index >= 15 is 0 Å². The van der Waals surface area contributed by atoms with Crippen LogP contribution in [0.5, 0.6) is 0 Å². The number of para-hydroxylation sites is 2. The van der Waals surface area contributed by atoms with Crippen molar-refractivity contribution in [3.8, 4) is 0 Å². The van der Waals surface area contributed by atoms with Crippen LogP contribution in [0.25, 0.3) is 11.1 Å². The van der Waals surface area contributed by atoms with Crippen molar-refractivity contribution in [2.75, 3.05) is 31.1 Å². The maximum absolute atomic E-state index is 9.81. The number of hydrogen-bond donors (Lipinski definition) is 2. The Bertz CT molecular complexity index is 582. The van der Waals surface area contributed by atoms with Gasteiger partial charge in [-0.2, -0.15) is 4.98 Å². The van der Waals surface area contributed by atoms with Gasteiger partial charge in [0.05, 0.1) is 6.61 Å². The van der Waals surface area contributed by atoms with Gasteiger partial charge in [0, 0.05) is 18.6 Å². The Morgan fingerprint density at radius 1 is 1.32 bits per heavy atom. The molecule has 0 amide bonds. The first kappa shape index (κ1) is 15.3. The van der Waals surface area contributed by atoms with E-state index in [1.807, 2.05) is 24.3 Å². The van der Waals surface area contributed by atoms with Crippen LogP contribution >= 0.6 is 0 Å². The third kappa shape index (κ3) is 3.10. The molecule has 1 aliphatic heterocycles. The third-order valence-corrected chi connectivity index (χ3v) is 4.46. The van der Waals surface area contributed by atoms with E-state index in [-0.39, 0.29) is 12.1 Å². The Kier molecular flexibility index (Phi) is 4.36. The van der Waals surface area contributed by atoms with Crippen LogP contribution in [-0.2, 0) is 0 Å². The van der Waals surface area contributed by atoms with E-state index in [1.165, 1.54) is 0 Å². The smallest absolute Gasteiger partial charge is 0.298 e. The minimum Gasteiger partial charge on any atom is -0.423 e. The van der Waals surface area contributed by atoms with Crippen LogP contribution in [0.4, 0.5) is 6.01 Å². The second-order valence-electron chi connectivity index (χ2n) is 6.66. The molecule has 22 heavy (non-hydrogen) atoms. The summed E-state index contributed by atoms with van der Waals surface area (Å²) in [4.78, 5) is 6.73. The number of hydrogen-bond acceptors (Lipinski definition) is 5. The molecule has 0 bridgehead atoms. The predicted molar refractivity (Wildman–Crippen MR) is 88.1 cm³/mol. The molecule has 1 saturated heterocycles. The molecule has 0 atom stereocenters. The summed E-state index contributed by atoms with van der Waals surface area (Å²) in [6.45, 7) is 7.18. The number of anilines is 1. The Morgan fingerprint density at radius 2 is 2.05 bits per heavy atom. The molecule has 1 aromatic carbocycles. The zero-order valence-corrected chi connectivity index (χ0v) is 13.4. The summed E-state index contributed by atoms with van der Waals surface area (Å²) in [6, 6.07) is 8.53. The summed E-state index contributed by atoms with van der Waals surface area (Å²) in [7, 11) is 0. The first-order valence-corrected chi connectivity index (χ1v) is 8.08. The van der Waals surface area contributed by atoms with Crippen molar-refractivity contribution in [3.63, 3.8) is 0 Å². The quantitative estimate of drug-likeness (QED) is 0.888. The van der Waals surface area contributed by atoms with E-state index in [0.717, 1.165) is 43.6 Å². The molecule has 0 saturated carbocycles. The van der Waals surface area contributed by atoms with Crippen molar-refractivity contribution < 1.29 is 9.52 Å². The van der Waals surface area contributed by atoms with Gasteiger partial charge in [0.25, 0.3) is 6.01 Å². The summed E-state index contributed by atoms with van der Waals surface area (Å²) < 4.78 is 5.84. The molecule has 2 heterocycles. The van der Waals surface area contributed by atoms with E-state index in [2.05, 4.69) is 29.0 Å². The number of nitrogens with zero attached hydrogens (tertiary/aromatic N) is 2. The monoisotopic (exact) mass is 303 g/mol. The van der Waals surface area contributed by atoms with Gasteiger partial charge in [0.2, 0.25) is 0 Å². The first-order chi connectivity index (χ1) is 10.6. The lowest BCUT2D eigenvalue weighted by Crippen LogP contribution is -2.56. The van der Waals surface area contributed by atoms with Crippen LogP contribution in [0.3, 0.4) is 0 Å². The van der Waals surface area contributed by atoms with Gasteiger partial charge in [0.1, 0.15) is 5.52 Å². The zero-order valence-electron chi connectivity index (χ0n) is 13.4. The van der Waals surface area contributed by atoms with Gasteiger partial charge in [-0.25, -0.2) is 0 Å². The highest BCUT2D eigenvalue weighted by atomic mass is 16.4. The second kappa shape index (κ2) is 6.26. The zero-order chi connectivity index (χ0) is 15.6. The van der Waals surface area contributed by atoms with Gasteiger partial charge in [-0.15, -0.1) is 0 Å². The molecule has 5 heteroatoms. The molecule has 0 radical (unpaired) electrons. The minimum atomic E-state index is -0.160. The van der Waals surface area contributed by atoms with Gasteiger partial charge in [-0.1, -0.05) is 26.0 Å². The summed E-state index contributed by atoms with van der Waals surface area (Å²) >= 11 is 0. The number of oxazole rings is 1. The van der Waals surface area contributed by atoms with Crippen molar-refractivity contribution in [2.45, 2.75) is 32.2 Å². The van der Waals surface area contributed by atoms with Crippen molar-refractivity contribution in [1.82, 2.24) is 10.3 Å². The van der Waals surface area contributed by atoms with Gasteiger partial charge < -0.3 is 19.7 Å². The van der Waals surface area contributed by atoms with Crippen molar-refractivity contribution in [1.29, 1.82) is 0 Å². The lowest BCUT2D eigenvalue weighted by molar-refractivity contribution is 0.129. The molecule has 1 aliphatic rings. The number of benzene rings is 1. The van der Waals surface area contributed by atoms with Gasteiger partial charge in [-0.05, 0) is 37.4 Å².